The summed E-state index contributed by atoms with van der Waals surface area (Å²) in [7, 11) is 0. The normalized spacial score (nSPS) is 22.3. The molecule has 0 bridgehead atoms. The number of hydrogen-bond donors (Lipinski definition) is 1. The monoisotopic (exact) mass is 428 g/mol. The standard InChI is InChI=1S/C27H22ClFN2/c28-23-12-10-22(11-13-23)25-16-19-30-31(25)26-9-5-4-8-24(26)27(29)17-14-21(15-18-27)20-6-2-1-3-7-20/h1-17,19,25,30H,18H2. The molecule has 2 nitrogen and oxygen atoms in total. The number of halogens is 2. The predicted molar refractivity (Wildman–Crippen MR) is 126 cm³/mol. The van der Waals surface area contributed by atoms with Gasteiger partial charge in [0.2, 0.25) is 0 Å². The van der Waals surface area contributed by atoms with Gasteiger partial charge in [-0.2, -0.15) is 0 Å². The first-order valence-corrected chi connectivity index (χ1v) is 10.7. The Morgan fingerprint density at radius 2 is 1.68 bits per heavy atom. The van der Waals surface area contributed by atoms with Crippen LogP contribution in [0.4, 0.5) is 10.1 Å². The van der Waals surface area contributed by atoms with Crippen molar-refractivity contribution in [2.75, 3.05) is 5.01 Å². The van der Waals surface area contributed by atoms with Crippen LogP contribution in [0.25, 0.3) is 5.57 Å². The van der Waals surface area contributed by atoms with Gasteiger partial charge in [0, 0.05) is 23.2 Å². The number of rotatable bonds is 4. The van der Waals surface area contributed by atoms with Crippen LogP contribution in [0.2, 0.25) is 5.02 Å². The largest absolute Gasteiger partial charge is 0.305 e. The molecule has 2 atom stereocenters. The first kappa shape index (κ1) is 19.7. The van der Waals surface area contributed by atoms with E-state index in [9.17, 15) is 0 Å². The van der Waals surface area contributed by atoms with E-state index in [0.29, 0.717) is 10.6 Å². The van der Waals surface area contributed by atoms with Crippen LogP contribution < -0.4 is 10.4 Å². The smallest absolute Gasteiger partial charge is 0.160 e. The van der Waals surface area contributed by atoms with Crippen molar-refractivity contribution in [3.63, 3.8) is 0 Å². The van der Waals surface area contributed by atoms with Gasteiger partial charge >= 0.3 is 0 Å². The van der Waals surface area contributed by atoms with Crippen LogP contribution in [0.5, 0.6) is 0 Å². The lowest BCUT2D eigenvalue weighted by atomic mass is 9.84. The molecule has 0 radical (unpaired) electrons. The van der Waals surface area contributed by atoms with Gasteiger partial charge in [-0.05, 0) is 47.1 Å². The maximum Gasteiger partial charge on any atom is 0.160 e. The molecule has 1 aliphatic carbocycles. The van der Waals surface area contributed by atoms with Crippen molar-refractivity contribution in [2.45, 2.75) is 18.1 Å². The molecule has 31 heavy (non-hydrogen) atoms. The van der Waals surface area contributed by atoms with Gasteiger partial charge < -0.3 is 5.43 Å². The number of para-hydroxylation sites is 1. The minimum absolute atomic E-state index is 0.0509. The Hall–Kier alpha value is -3.30. The Labute approximate surface area is 186 Å². The fraction of sp³-hybridized carbons (Fsp3) is 0.111. The summed E-state index contributed by atoms with van der Waals surface area (Å²) in [5, 5.41) is 2.70. The molecule has 2 unspecified atom stereocenters. The SMILES string of the molecule is FC1(c2ccccc2N2NC=CC2c2ccc(Cl)cc2)C=CC(c2ccccc2)=CC1. The van der Waals surface area contributed by atoms with Crippen LogP contribution >= 0.6 is 11.6 Å². The minimum atomic E-state index is -1.58. The second-order valence-corrected chi connectivity index (χ2v) is 8.23. The fourth-order valence-corrected chi connectivity index (χ4v) is 4.34. The summed E-state index contributed by atoms with van der Waals surface area (Å²) in [6.07, 6.45) is 9.81. The third kappa shape index (κ3) is 3.77. The molecule has 3 aromatic carbocycles. The van der Waals surface area contributed by atoms with E-state index in [1.807, 2.05) is 102 Å². The second-order valence-electron chi connectivity index (χ2n) is 7.80. The average molecular weight is 429 g/mol. The molecule has 3 aromatic rings. The van der Waals surface area contributed by atoms with Crippen LogP contribution in [0, 0.1) is 0 Å². The summed E-state index contributed by atoms with van der Waals surface area (Å²) in [6, 6.07) is 25.5. The van der Waals surface area contributed by atoms with Gasteiger partial charge in [-0.15, -0.1) is 0 Å². The van der Waals surface area contributed by atoms with E-state index in [1.54, 1.807) is 6.08 Å². The van der Waals surface area contributed by atoms with Crippen LogP contribution in [-0.2, 0) is 5.67 Å². The minimum Gasteiger partial charge on any atom is -0.305 e. The molecule has 4 heteroatoms. The zero-order chi connectivity index (χ0) is 21.3. The first-order valence-electron chi connectivity index (χ1n) is 10.3. The average Bonchev–Trinajstić information content (AvgIpc) is 3.30. The van der Waals surface area contributed by atoms with Crippen LogP contribution in [0.15, 0.2) is 109 Å². The molecular weight excluding hydrogens is 407 g/mol. The molecule has 0 saturated heterocycles. The summed E-state index contributed by atoms with van der Waals surface area (Å²) >= 11 is 6.06. The van der Waals surface area contributed by atoms with Crippen molar-refractivity contribution in [1.29, 1.82) is 0 Å². The third-order valence-electron chi connectivity index (χ3n) is 5.85. The Balaban J connectivity index is 1.47. The number of alkyl halides is 1. The zero-order valence-electron chi connectivity index (χ0n) is 16.9. The summed E-state index contributed by atoms with van der Waals surface area (Å²) < 4.78 is 16.3. The molecule has 2 aliphatic rings. The highest BCUT2D eigenvalue weighted by atomic mass is 35.5. The topological polar surface area (TPSA) is 15.3 Å². The van der Waals surface area contributed by atoms with Gasteiger partial charge in [0.05, 0.1) is 11.7 Å². The molecule has 5 rings (SSSR count). The van der Waals surface area contributed by atoms with Gasteiger partial charge in [-0.1, -0.05) is 84.4 Å². The van der Waals surface area contributed by atoms with E-state index in [4.69, 9.17) is 11.6 Å². The number of hydrazine groups is 1. The van der Waals surface area contributed by atoms with E-state index in [2.05, 4.69) is 11.5 Å². The lowest BCUT2D eigenvalue weighted by Crippen LogP contribution is -2.35. The molecule has 0 aromatic heterocycles. The number of hydrogen-bond acceptors (Lipinski definition) is 2. The van der Waals surface area contributed by atoms with E-state index in [0.717, 1.165) is 22.4 Å². The van der Waals surface area contributed by atoms with Crippen molar-refractivity contribution in [3.8, 4) is 0 Å². The highest BCUT2D eigenvalue weighted by molar-refractivity contribution is 6.30. The number of benzene rings is 3. The fourth-order valence-electron chi connectivity index (χ4n) is 4.22. The molecule has 1 N–H and O–H groups in total. The first-order chi connectivity index (χ1) is 15.1. The molecule has 0 spiro atoms. The molecule has 1 heterocycles. The summed E-state index contributed by atoms with van der Waals surface area (Å²) in [6.45, 7) is 0. The third-order valence-corrected chi connectivity index (χ3v) is 6.10. The van der Waals surface area contributed by atoms with Crippen molar-refractivity contribution < 1.29 is 4.39 Å². The van der Waals surface area contributed by atoms with Crippen LogP contribution in [0.3, 0.4) is 0 Å². The lowest BCUT2D eigenvalue weighted by molar-refractivity contribution is 0.236. The second kappa shape index (κ2) is 8.09. The highest BCUT2D eigenvalue weighted by Crippen LogP contribution is 2.43. The highest BCUT2D eigenvalue weighted by Gasteiger charge is 2.35. The number of allylic oxidation sites excluding steroid dienone is 4. The number of nitrogens with zero attached hydrogens (tertiary/aromatic N) is 1. The molecule has 154 valence electrons. The van der Waals surface area contributed by atoms with Gasteiger partial charge in [-0.3, -0.25) is 5.01 Å². The Bertz CT molecular complexity index is 1170. The van der Waals surface area contributed by atoms with Crippen molar-refractivity contribution >= 4 is 22.9 Å². The number of nitrogens with one attached hydrogen (secondary N) is 1. The van der Waals surface area contributed by atoms with E-state index in [1.165, 1.54) is 0 Å². The predicted octanol–water partition coefficient (Wildman–Crippen LogP) is 7.13. The summed E-state index contributed by atoms with van der Waals surface area (Å²) in [5.41, 5.74) is 6.39. The molecule has 0 fully saturated rings. The Kier molecular flexibility index (Phi) is 5.13. The van der Waals surface area contributed by atoms with Gasteiger partial charge in [0.1, 0.15) is 0 Å². The van der Waals surface area contributed by atoms with Gasteiger partial charge in [0.25, 0.3) is 0 Å². The van der Waals surface area contributed by atoms with Gasteiger partial charge in [0.15, 0.2) is 5.67 Å². The molecule has 1 aliphatic heterocycles. The van der Waals surface area contributed by atoms with Crippen LogP contribution in [0.1, 0.15) is 29.2 Å². The van der Waals surface area contributed by atoms with Gasteiger partial charge in [-0.25, -0.2) is 4.39 Å². The summed E-state index contributed by atoms with van der Waals surface area (Å²) in [4.78, 5) is 0. The zero-order valence-corrected chi connectivity index (χ0v) is 17.6. The Morgan fingerprint density at radius 1 is 0.935 bits per heavy atom. The van der Waals surface area contributed by atoms with E-state index >= 15 is 4.39 Å². The van der Waals surface area contributed by atoms with Crippen molar-refractivity contribution in [3.05, 3.63) is 131 Å². The molecule has 0 saturated carbocycles. The Morgan fingerprint density at radius 3 is 2.42 bits per heavy atom. The van der Waals surface area contributed by atoms with Crippen molar-refractivity contribution in [1.82, 2.24) is 5.43 Å². The number of anilines is 1. The van der Waals surface area contributed by atoms with Crippen LogP contribution in [-0.4, -0.2) is 0 Å². The molecule has 0 amide bonds. The maximum atomic E-state index is 16.3. The lowest BCUT2D eigenvalue weighted by Gasteiger charge is -2.33. The van der Waals surface area contributed by atoms with Crippen molar-refractivity contribution in [2.24, 2.45) is 0 Å². The summed E-state index contributed by atoms with van der Waals surface area (Å²) in [5.74, 6) is 0. The quantitative estimate of drug-likeness (QED) is 0.475. The molecular formula is C27H22ClFN2. The van der Waals surface area contributed by atoms with E-state index in [-0.39, 0.29) is 12.5 Å². The van der Waals surface area contributed by atoms with E-state index < -0.39 is 5.67 Å². The maximum absolute atomic E-state index is 16.3.